The second-order valence-corrected chi connectivity index (χ2v) is 13.9. The first kappa shape index (κ1) is 29.5. The summed E-state index contributed by atoms with van der Waals surface area (Å²) in [5.74, 6) is 1.98. The predicted octanol–water partition coefficient (Wildman–Crippen LogP) is 12.6. The van der Waals surface area contributed by atoms with Gasteiger partial charge < -0.3 is 0 Å². The highest BCUT2D eigenvalue weighted by atomic mass is 32.2. The minimum Gasteiger partial charge on any atom is -0.208 e. The maximum Gasteiger partial charge on any atom is 0.164 e. The number of aromatic nitrogens is 3. The van der Waals surface area contributed by atoms with Crippen molar-refractivity contribution >= 4 is 33.3 Å². The van der Waals surface area contributed by atoms with Gasteiger partial charge in [0.15, 0.2) is 17.5 Å². The molecule has 0 fully saturated rings. The van der Waals surface area contributed by atoms with Gasteiger partial charge in [0.1, 0.15) is 0 Å². The topological polar surface area (TPSA) is 38.7 Å². The monoisotopic (exact) mass is 667 g/mol. The smallest absolute Gasteiger partial charge is 0.164 e. The molecule has 0 aliphatic carbocycles. The van der Waals surface area contributed by atoms with Crippen LogP contribution >= 0.6 is 11.8 Å². The van der Waals surface area contributed by atoms with Crippen LogP contribution in [0.15, 0.2) is 186 Å². The van der Waals surface area contributed by atoms with E-state index < -0.39 is 0 Å². The van der Waals surface area contributed by atoms with Gasteiger partial charge in [-0.1, -0.05) is 163 Å². The summed E-state index contributed by atoms with van der Waals surface area (Å²) in [6, 6.07) is 62.3. The van der Waals surface area contributed by atoms with Gasteiger partial charge in [0, 0.05) is 31.9 Å². The van der Waals surface area contributed by atoms with E-state index in [4.69, 9.17) is 15.0 Å². The fourth-order valence-electron chi connectivity index (χ4n) is 7.17. The minimum atomic E-state index is 0.654. The maximum absolute atomic E-state index is 4.93. The van der Waals surface area contributed by atoms with Gasteiger partial charge in [-0.3, -0.25) is 0 Å². The molecule has 4 heteroatoms. The standard InChI is InChI=1S/C47H29N3S/c1-3-11-32(12-4-1)45-48-46(33-13-5-2-6-14-33)50-47(49-45)34-21-19-31(20-22-34)38-25-27-43-44-39(38)16-9-17-40(44)41-29-37(24-26-42(41)51-43)36-23-18-30-10-7-8-15-35(30)28-36/h1-29H. The van der Waals surface area contributed by atoms with Crippen LogP contribution in [0.2, 0.25) is 0 Å². The quantitative estimate of drug-likeness (QED) is 0.183. The molecule has 1 aromatic heterocycles. The number of rotatable bonds is 5. The third kappa shape index (κ3) is 5.29. The third-order valence-corrected chi connectivity index (χ3v) is 10.9. The Morgan fingerprint density at radius 2 is 0.863 bits per heavy atom. The Labute approximate surface area is 300 Å². The van der Waals surface area contributed by atoms with Gasteiger partial charge in [0.05, 0.1) is 0 Å². The Morgan fingerprint density at radius 3 is 1.57 bits per heavy atom. The van der Waals surface area contributed by atoms with Crippen LogP contribution in [0.25, 0.3) is 89.1 Å². The molecular formula is C47H29N3S. The lowest BCUT2D eigenvalue weighted by Gasteiger charge is -2.22. The number of fused-ring (bicyclic) bond motifs is 3. The molecule has 0 saturated carbocycles. The summed E-state index contributed by atoms with van der Waals surface area (Å²) in [6.07, 6.45) is 0. The van der Waals surface area contributed by atoms with Gasteiger partial charge in [0.2, 0.25) is 0 Å². The molecule has 0 unspecified atom stereocenters. The molecule has 0 bridgehead atoms. The van der Waals surface area contributed by atoms with Crippen molar-refractivity contribution in [3.05, 3.63) is 176 Å². The molecule has 0 atom stereocenters. The Balaban J connectivity index is 1.04. The molecule has 2 heterocycles. The van der Waals surface area contributed by atoms with Gasteiger partial charge in [-0.2, -0.15) is 0 Å². The van der Waals surface area contributed by atoms with E-state index in [1.54, 1.807) is 0 Å². The van der Waals surface area contributed by atoms with Crippen LogP contribution in [0.3, 0.4) is 0 Å². The van der Waals surface area contributed by atoms with Crippen molar-refractivity contribution in [1.82, 2.24) is 15.0 Å². The van der Waals surface area contributed by atoms with Crippen LogP contribution < -0.4 is 0 Å². The minimum absolute atomic E-state index is 0.654. The predicted molar refractivity (Wildman–Crippen MR) is 212 cm³/mol. The van der Waals surface area contributed by atoms with Crippen molar-refractivity contribution < 1.29 is 0 Å². The normalized spacial score (nSPS) is 11.8. The molecule has 1 aliphatic rings. The van der Waals surface area contributed by atoms with E-state index in [1.165, 1.54) is 59.2 Å². The lowest BCUT2D eigenvalue weighted by atomic mass is 9.91. The van der Waals surface area contributed by atoms with Gasteiger partial charge in [0.25, 0.3) is 0 Å². The highest BCUT2D eigenvalue weighted by Crippen LogP contribution is 2.50. The lowest BCUT2D eigenvalue weighted by Crippen LogP contribution is -2.00. The molecule has 3 nitrogen and oxygen atoms in total. The van der Waals surface area contributed by atoms with E-state index >= 15 is 0 Å². The summed E-state index contributed by atoms with van der Waals surface area (Å²) in [6.45, 7) is 0. The fourth-order valence-corrected chi connectivity index (χ4v) is 8.28. The molecule has 238 valence electrons. The van der Waals surface area contributed by atoms with Crippen LogP contribution in [0.1, 0.15) is 0 Å². The van der Waals surface area contributed by atoms with Gasteiger partial charge in [-0.05, 0) is 73.8 Å². The zero-order chi connectivity index (χ0) is 33.7. The van der Waals surface area contributed by atoms with E-state index in [0.29, 0.717) is 17.5 Å². The zero-order valence-corrected chi connectivity index (χ0v) is 28.3. The first-order valence-corrected chi connectivity index (χ1v) is 17.9. The van der Waals surface area contributed by atoms with Crippen LogP contribution in [0, 0.1) is 0 Å². The summed E-state index contributed by atoms with van der Waals surface area (Å²) in [5.41, 5.74) is 10.3. The van der Waals surface area contributed by atoms with Crippen molar-refractivity contribution in [2.45, 2.75) is 9.79 Å². The molecule has 0 spiro atoms. The van der Waals surface area contributed by atoms with Crippen molar-refractivity contribution in [1.29, 1.82) is 0 Å². The van der Waals surface area contributed by atoms with Crippen LogP contribution in [0.5, 0.6) is 0 Å². The summed E-state index contributed by atoms with van der Waals surface area (Å²) in [4.78, 5) is 17.3. The lowest BCUT2D eigenvalue weighted by molar-refractivity contribution is 1.07. The van der Waals surface area contributed by atoms with Crippen molar-refractivity contribution in [3.8, 4) is 67.5 Å². The second kappa shape index (κ2) is 12.2. The van der Waals surface area contributed by atoms with Crippen LogP contribution in [0.4, 0.5) is 0 Å². The number of hydrogen-bond acceptors (Lipinski definition) is 4. The Kier molecular flexibility index (Phi) is 7.07. The van der Waals surface area contributed by atoms with Crippen LogP contribution in [-0.2, 0) is 0 Å². The highest BCUT2D eigenvalue weighted by molar-refractivity contribution is 7.99. The summed E-state index contributed by atoms with van der Waals surface area (Å²) >= 11 is 1.86. The Bertz CT molecular complexity index is 2700. The van der Waals surface area contributed by atoms with Gasteiger partial charge in [-0.25, -0.2) is 15.0 Å². The molecular weight excluding hydrogens is 639 g/mol. The SMILES string of the molecule is c1ccc(-c2nc(-c3ccccc3)nc(-c3ccc(-c4ccc5c6c(cccc46)-c4cc(-c6ccc7ccccc7c6)ccc4S5)cc3)n2)cc1. The maximum atomic E-state index is 4.93. The van der Waals surface area contributed by atoms with E-state index in [9.17, 15) is 0 Å². The molecule has 9 aromatic rings. The second-order valence-electron chi connectivity index (χ2n) is 12.8. The van der Waals surface area contributed by atoms with E-state index in [-0.39, 0.29) is 0 Å². The molecule has 0 radical (unpaired) electrons. The molecule has 1 aliphatic heterocycles. The Hall–Kier alpha value is -6.36. The molecule has 0 saturated heterocycles. The third-order valence-electron chi connectivity index (χ3n) is 9.73. The number of nitrogens with zero attached hydrogens (tertiary/aromatic N) is 3. The fraction of sp³-hybridized carbons (Fsp3) is 0. The van der Waals surface area contributed by atoms with Gasteiger partial charge in [-0.15, -0.1) is 0 Å². The first-order valence-electron chi connectivity index (χ1n) is 17.1. The summed E-state index contributed by atoms with van der Waals surface area (Å²) in [7, 11) is 0. The molecule has 0 amide bonds. The molecule has 51 heavy (non-hydrogen) atoms. The largest absolute Gasteiger partial charge is 0.208 e. The number of hydrogen-bond donors (Lipinski definition) is 0. The average molecular weight is 668 g/mol. The van der Waals surface area contributed by atoms with E-state index in [0.717, 1.165) is 22.3 Å². The van der Waals surface area contributed by atoms with Crippen molar-refractivity contribution in [2.75, 3.05) is 0 Å². The molecule has 0 N–H and O–H groups in total. The number of benzene rings is 8. The molecule has 10 rings (SSSR count). The summed E-state index contributed by atoms with van der Waals surface area (Å²) < 4.78 is 0. The van der Waals surface area contributed by atoms with Gasteiger partial charge >= 0.3 is 0 Å². The van der Waals surface area contributed by atoms with Crippen molar-refractivity contribution in [3.63, 3.8) is 0 Å². The van der Waals surface area contributed by atoms with E-state index in [2.05, 4.69) is 115 Å². The van der Waals surface area contributed by atoms with Crippen LogP contribution in [-0.4, -0.2) is 15.0 Å². The molecule has 8 aromatic carbocycles. The summed E-state index contributed by atoms with van der Waals surface area (Å²) in [5, 5.41) is 5.08. The van der Waals surface area contributed by atoms with Crippen molar-refractivity contribution in [2.24, 2.45) is 0 Å². The van der Waals surface area contributed by atoms with E-state index in [1.807, 2.05) is 72.4 Å². The average Bonchev–Trinajstić information content (AvgIpc) is 3.21. The Morgan fingerprint density at radius 1 is 0.314 bits per heavy atom. The first-order chi connectivity index (χ1) is 25.2. The highest BCUT2D eigenvalue weighted by Gasteiger charge is 2.22. The zero-order valence-electron chi connectivity index (χ0n) is 27.5.